The summed E-state index contributed by atoms with van der Waals surface area (Å²) in [6, 6.07) is 0.198. The standard InChI is InChI=1S/C15H27NO2/c1-10-6-13(9-15(2,3)8-10)18-14(17)11-4-5-12(16)7-11/h10-13H,4-9,16H2,1-3H3. The maximum Gasteiger partial charge on any atom is 0.309 e. The van der Waals surface area contributed by atoms with Crippen molar-refractivity contribution in [2.45, 2.75) is 71.4 Å². The number of carbonyl (C=O) groups excluding carboxylic acids is 1. The molecule has 4 atom stereocenters. The molecular weight excluding hydrogens is 226 g/mol. The summed E-state index contributed by atoms with van der Waals surface area (Å²) in [6.07, 6.45) is 6.06. The Morgan fingerprint density at radius 1 is 1.22 bits per heavy atom. The first-order valence-electron chi connectivity index (χ1n) is 7.32. The van der Waals surface area contributed by atoms with Crippen LogP contribution in [0.3, 0.4) is 0 Å². The summed E-state index contributed by atoms with van der Waals surface area (Å²) < 4.78 is 5.74. The molecule has 0 radical (unpaired) electrons. The van der Waals surface area contributed by atoms with Gasteiger partial charge >= 0.3 is 5.97 Å². The first-order chi connectivity index (χ1) is 8.35. The van der Waals surface area contributed by atoms with Gasteiger partial charge in [0.1, 0.15) is 6.10 Å². The summed E-state index contributed by atoms with van der Waals surface area (Å²) >= 11 is 0. The minimum atomic E-state index is -0.00199. The Balaban J connectivity index is 1.87. The van der Waals surface area contributed by atoms with Crippen molar-refractivity contribution in [3.05, 3.63) is 0 Å². The van der Waals surface area contributed by atoms with Crippen LogP contribution in [0.4, 0.5) is 0 Å². The van der Waals surface area contributed by atoms with E-state index in [-0.39, 0.29) is 24.0 Å². The summed E-state index contributed by atoms with van der Waals surface area (Å²) in [4.78, 5) is 12.1. The van der Waals surface area contributed by atoms with Gasteiger partial charge in [-0.2, -0.15) is 0 Å². The Morgan fingerprint density at radius 3 is 2.50 bits per heavy atom. The Morgan fingerprint density at radius 2 is 1.94 bits per heavy atom. The molecular formula is C15H27NO2. The Bertz CT molecular complexity index is 314. The molecule has 0 amide bonds. The molecule has 2 rings (SSSR count). The highest BCUT2D eigenvalue weighted by atomic mass is 16.5. The molecule has 18 heavy (non-hydrogen) atoms. The second-order valence-electron chi connectivity index (χ2n) is 7.24. The second kappa shape index (κ2) is 5.20. The maximum absolute atomic E-state index is 12.1. The number of ether oxygens (including phenoxy) is 1. The van der Waals surface area contributed by atoms with Crippen LogP contribution in [0.25, 0.3) is 0 Å². The molecule has 0 aromatic carbocycles. The van der Waals surface area contributed by atoms with Crippen LogP contribution in [-0.2, 0) is 9.53 Å². The zero-order valence-electron chi connectivity index (χ0n) is 11.9. The van der Waals surface area contributed by atoms with E-state index in [1.807, 2.05) is 0 Å². The van der Waals surface area contributed by atoms with Gasteiger partial charge in [0, 0.05) is 6.04 Å². The predicted octanol–water partition coefficient (Wildman–Crippen LogP) is 2.87. The van der Waals surface area contributed by atoms with Gasteiger partial charge in [0.25, 0.3) is 0 Å². The molecule has 2 fully saturated rings. The van der Waals surface area contributed by atoms with Crippen LogP contribution in [0.5, 0.6) is 0 Å². The fraction of sp³-hybridized carbons (Fsp3) is 0.933. The second-order valence-corrected chi connectivity index (χ2v) is 7.24. The summed E-state index contributed by atoms with van der Waals surface area (Å²) in [7, 11) is 0. The van der Waals surface area contributed by atoms with Crippen molar-refractivity contribution in [2.24, 2.45) is 23.0 Å². The first kappa shape index (κ1) is 13.9. The number of hydrogen-bond acceptors (Lipinski definition) is 3. The Hall–Kier alpha value is -0.570. The zero-order valence-corrected chi connectivity index (χ0v) is 11.9. The largest absolute Gasteiger partial charge is 0.462 e. The molecule has 2 aliphatic carbocycles. The van der Waals surface area contributed by atoms with Gasteiger partial charge in [-0.25, -0.2) is 0 Å². The van der Waals surface area contributed by atoms with Crippen molar-refractivity contribution in [1.82, 2.24) is 0 Å². The van der Waals surface area contributed by atoms with Crippen LogP contribution >= 0.6 is 0 Å². The molecule has 3 heteroatoms. The average Bonchev–Trinajstić information content (AvgIpc) is 2.61. The van der Waals surface area contributed by atoms with Crippen LogP contribution in [-0.4, -0.2) is 18.1 Å². The van der Waals surface area contributed by atoms with Crippen molar-refractivity contribution < 1.29 is 9.53 Å². The molecule has 104 valence electrons. The van der Waals surface area contributed by atoms with E-state index in [0.29, 0.717) is 11.3 Å². The summed E-state index contributed by atoms with van der Waals surface area (Å²) in [5, 5.41) is 0. The Labute approximate surface area is 110 Å². The lowest BCUT2D eigenvalue weighted by atomic mass is 9.71. The molecule has 0 aliphatic heterocycles. The van der Waals surface area contributed by atoms with Gasteiger partial charge in [0.15, 0.2) is 0 Å². The topological polar surface area (TPSA) is 52.3 Å². The fourth-order valence-electron chi connectivity index (χ4n) is 3.84. The highest BCUT2D eigenvalue weighted by molar-refractivity contribution is 5.73. The monoisotopic (exact) mass is 253 g/mol. The SMILES string of the molecule is CC1CC(OC(=O)C2CCC(N)C2)CC(C)(C)C1. The number of carbonyl (C=O) groups is 1. The number of esters is 1. The molecule has 0 aromatic rings. The van der Waals surface area contributed by atoms with E-state index in [4.69, 9.17) is 10.5 Å². The molecule has 3 nitrogen and oxygen atoms in total. The van der Waals surface area contributed by atoms with Gasteiger partial charge in [-0.15, -0.1) is 0 Å². The quantitative estimate of drug-likeness (QED) is 0.770. The van der Waals surface area contributed by atoms with Crippen LogP contribution in [0, 0.1) is 17.3 Å². The van der Waals surface area contributed by atoms with E-state index in [0.717, 1.165) is 32.1 Å². The minimum Gasteiger partial charge on any atom is -0.462 e. The van der Waals surface area contributed by atoms with Crippen LogP contribution in [0.2, 0.25) is 0 Å². The minimum absolute atomic E-state index is 0.00199. The third-order valence-corrected chi connectivity index (χ3v) is 4.44. The summed E-state index contributed by atoms with van der Waals surface area (Å²) in [5.41, 5.74) is 6.15. The highest BCUT2D eigenvalue weighted by Gasteiger charge is 2.36. The van der Waals surface area contributed by atoms with Crippen molar-refractivity contribution in [3.63, 3.8) is 0 Å². The molecule has 2 aliphatic rings. The Kier molecular flexibility index (Phi) is 4.00. The van der Waals surface area contributed by atoms with E-state index in [2.05, 4.69) is 20.8 Å². The zero-order chi connectivity index (χ0) is 13.3. The fourth-order valence-corrected chi connectivity index (χ4v) is 3.84. The van der Waals surface area contributed by atoms with Gasteiger partial charge in [-0.3, -0.25) is 4.79 Å². The van der Waals surface area contributed by atoms with Crippen molar-refractivity contribution >= 4 is 5.97 Å². The third-order valence-electron chi connectivity index (χ3n) is 4.44. The van der Waals surface area contributed by atoms with E-state index >= 15 is 0 Å². The van der Waals surface area contributed by atoms with Gasteiger partial charge in [0.2, 0.25) is 0 Å². The normalized spacial score (nSPS) is 39.6. The molecule has 2 saturated carbocycles. The molecule has 4 unspecified atom stereocenters. The third kappa shape index (κ3) is 3.47. The van der Waals surface area contributed by atoms with Crippen molar-refractivity contribution in [1.29, 1.82) is 0 Å². The number of nitrogens with two attached hydrogens (primary N) is 1. The molecule has 0 aromatic heterocycles. The van der Waals surface area contributed by atoms with E-state index in [9.17, 15) is 4.79 Å². The van der Waals surface area contributed by atoms with Crippen LogP contribution in [0.1, 0.15) is 59.3 Å². The highest BCUT2D eigenvalue weighted by Crippen LogP contribution is 2.40. The smallest absolute Gasteiger partial charge is 0.309 e. The van der Waals surface area contributed by atoms with Gasteiger partial charge < -0.3 is 10.5 Å². The molecule has 0 bridgehead atoms. The molecule has 2 N–H and O–H groups in total. The van der Waals surface area contributed by atoms with E-state index < -0.39 is 0 Å². The van der Waals surface area contributed by atoms with E-state index in [1.165, 1.54) is 6.42 Å². The lowest BCUT2D eigenvalue weighted by Gasteiger charge is -2.38. The van der Waals surface area contributed by atoms with Gasteiger partial charge in [-0.05, 0) is 49.9 Å². The molecule has 0 spiro atoms. The van der Waals surface area contributed by atoms with Crippen LogP contribution < -0.4 is 5.73 Å². The summed E-state index contributed by atoms with van der Waals surface area (Å²) in [5.74, 6) is 0.704. The summed E-state index contributed by atoms with van der Waals surface area (Å²) in [6.45, 7) is 6.80. The lowest BCUT2D eigenvalue weighted by molar-refractivity contribution is -0.158. The average molecular weight is 253 g/mol. The first-order valence-corrected chi connectivity index (χ1v) is 7.32. The number of hydrogen-bond donors (Lipinski definition) is 1. The van der Waals surface area contributed by atoms with E-state index in [1.54, 1.807) is 0 Å². The molecule has 0 saturated heterocycles. The van der Waals surface area contributed by atoms with Gasteiger partial charge in [-0.1, -0.05) is 20.8 Å². The van der Waals surface area contributed by atoms with Crippen molar-refractivity contribution in [3.8, 4) is 0 Å². The lowest BCUT2D eigenvalue weighted by Crippen LogP contribution is -2.35. The van der Waals surface area contributed by atoms with Crippen LogP contribution in [0.15, 0.2) is 0 Å². The molecule has 0 heterocycles. The predicted molar refractivity (Wildman–Crippen MR) is 72.0 cm³/mol. The van der Waals surface area contributed by atoms with Gasteiger partial charge in [0.05, 0.1) is 5.92 Å². The maximum atomic E-state index is 12.1. The van der Waals surface area contributed by atoms with Crippen molar-refractivity contribution in [2.75, 3.05) is 0 Å². The number of rotatable bonds is 2.